The lowest BCUT2D eigenvalue weighted by Crippen LogP contribution is -2.52. The van der Waals surface area contributed by atoms with Crippen LogP contribution in [0.25, 0.3) is 17.2 Å². The first-order valence-corrected chi connectivity index (χ1v) is 17.3. The lowest BCUT2D eigenvalue weighted by Gasteiger charge is -2.39. The van der Waals surface area contributed by atoms with E-state index in [2.05, 4.69) is 15.2 Å². The predicted octanol–water partition coefficient (Wildman–Crippen LogP) is 4.46. The molecule has 0 spiro atoms. The van der Waals surface area contributed by atoms with Crippen LogP contribution in [0.4, 0.5) is 10.5 Å². The van der Waals surface area contributed by atoms with Crippen molar-refractivity contribution >= 4 is 39.6 Å². The number of carbonyl (C=O) groups excluding carboxylic acids is 2. The van der Waals surface area contributed by atoms with Gasteiger partial charge in [0.25, 0.3) is 0 Å². The predicted molar refractivity (Wildman–Crippen MR) is 182 cm³/mol. The SMILES string of the molecule is CCCN(CCCNC(=O)OC(C)(C)C)C(=O)C1=Cc2ccc(-c3cccc(S(=O)(=O)N4CC(CN(C)C)C4)c3)cc2N=C(N)C1. The van der Waals surface area contributed by atoms with Crippen molar-refractivity contribution < 1.29 is 22.7 Å². The average molecular weight is 653 g/mol. The van der Waals surface area contributed by atoms with E-state index in [0.717, 1.165) is 29.7 Å². The number of aliphatic imine (C=N–C) groups is 1. The highest BCUT2D eigenvalue weighted by atomic mass is 32.2. The molecule has 0 bridgehead atoms. The first-order chi connectivity index (χ1) is 21.7. The van der Waals surface area contributed by atoms with Gasteiger partial charge in [-0.1, -0.05) is 31.2 Å². The Balaban J connectivity index is 1.48. The maximum atomic E-state index is 13.7. The number of nitrogens with two attached hydrogens (primary N) is 1. The van der Waals surface area contributed by atoms with E-state index in [9.17, 15) is 18.0 Å². The lowest BCUT2D eigenvalue weighted by atomic mass is 10.0. The van der Waals surface area contributed by atoms with E-state index in [1.54, 1.807) is 23.1 Å². The van der Waals surface area contributed by atoms with Crippen LogP contribution >= 0.6 is 0 Å². The van der Waals surface area contributed by atoms with Crippen LogP contribution in [0.5, 0.6) is 0 Å². The fourth-order valence-electron chi connectivity index (χ4n) is 5.61. The number of amides is 2. The normalized spacial score (nSPS) is 15.7. The summed E-state index contributed by atoms with van der Waals surface area (Å²) in [5.41, 5.74) is 9.20. The van der Waals surface area contributed by atoms with Crippen LogP contribution in [0.3, 0.4) is 0 Å². The Morgan fingerprint density at radius 1 is 1.09 bits per heavy atom. The van der Waals surface area contributed by atoms with Crippen molar-refractivity contribution in [2.24, 2.45) is 16.6 Å². The molecule has 11 nitrogen and oxygen atoms in total. The third-order valence-electron chi connectivity index (χ3n) is 7.68. The van der Waals surface area contributed by atoms with Crippen LogP contribution in [-0.4, -0.2) is 99.3 Å². The fourth-order valence-corrected chi connectivity index (χ4v) is 7.24. The Bertz CT molecular complexity index is 1590. The molecule has 2 aliphatic heterocycles. The summed E-state index contributed by atoms with van der Waals surface area (Å²) in [6.07, 6.45) is 2.92. The fraction of sp³-hybridized carbons (Fsp3) is 0.500. The number of benzene rings is 2. The minimum atomic E-state index is -3.59. The first kappa shape index (κ1) is 35.1. The zero-order valence-electron chi connectivity index (χ0n) is 27.9. The van der Waals surface area contributed by atoms with Crippen LogP contribution in [0.1, 0.15) is 52.5 Å². The standard InChI is InChI=1S/C34H48N6O5S/c1-7-15-39(16-9-14-36-33(42)45-34(2,3)4)32(41)28-17-27-13-12-26(19-30(27)37-31(35)20-28)25-10-8-11-29(18-25)46(43,44)40-22-24(23-40)21-38(5)6/h8,10-13,17-19,24H,7,9,14-16,20-23H2,1-6H3,(H2,35,37)(H,36,42). The third kappa shape index (κ3) is 9.17. The van der Waals surface area contributed by atoms with Crippen molar-refractivity contribution in [3.05, 3.63) is 53.6 Å². The molecule has 2 heterocycles. The molecule has 3 N–H and O–H groups in total. The molecule has 4 rings (SSSR count). The van der Waals surface area contributed by atoms with Crippen molar-refractivity contribution in [1.82, 2.24) is 19.4 Å². The molecule has 46 heavy (non-hydrogen) atoms. The van der Waals surface area contributed by atoms with Crippen molar-refractivity contribution in [3.8, 4) is 11.1 Å². The molecule has 2 amide bonds. The van der Waals surface area contributed by atoms with Gasteiger partial charge >= 0.3 is 6.09 Å². The molecular formula is C34H48N6O5S. The Labute approximate surface area is 273 Å². The largest absolute Gasteiger partial charge is 0.444 e. The molecule has 12 heteroatoms. The van der Waals surface area contributed by atoms with Gasteiger partial charge in [-0.3, -0.25) is 4.79 Å². The summed E-state index contributed by atoms with van der Waals surface area (Å²) in [5, 5.41) is 2.74. The maximum Gasteiger partial charge on any atom is 0.407 e. The third-order valence-corrected chi connectivity index (χ3v) is 9.50. The quantitative estimate of drug-likeness (QED) is 0.323. The van der Waals surface area contributed by atoms with E-state index in [1.165, 1.54) is 4.31 Å². The molecule has 2 aromatic rings. The first-order valence-electron chi connectivity index (χ1n) is 15.9. The molecule has 1 saturated heterocycles. The number of carbonyl (C=O) groups is 2. The maximum absolute atomic E-state index is 13.7. The molecule has 2 aliphatic rings. The Hall–Kier alpha value is -3.74. The number of nitrogens with zero attached hydrogens (tertiary/aromatic N) is 4. The number of ether oxygens (including phenoxy) is 1. The highest BCUT2D eigenvalue weighted by Crippen LogP contribution is 2.34. The molecule has 0 aromatic heterocycles. The average Bonchev–Trinajstić information content (AvgIpc) is 3.12. The number of amidine groups is 1. The Morgan fingerprint density at radius 3 is 2.48 bits per heavy atom. The molecule has 0 saturated carbocycles. The minimum absolute atomic E-state index is 0.120. The van der Waals surface area contributed by atoms with Gasteiger partial charge in [-0.05, 0) is 89.0 Å². The van der Waals surface area contributed by atoms with Crippen LogP contribution in [0.15, 0.2) is 57.9 Å². The summed E-state index contributed by atoms with van der Waals surface area (Å²) in [4.78, 5) is 34.4. The number of rotatable bonds is 12. The lowest BCUT2D eigenvalue weighted by molar-refractivity contribution is -0.127. The summed E-state index contributed by atoms with van der Waals surface area (Å²) >= 11 is 0. The molecule has 0 aliphatic carbocycles. The zero-order valence-corrected chi connectivity index (χ0v) is 28.7. The molecule has 1 fully saturated rings. The van der Waals surface area contributed by atoms with Gasteiger partial charge in [-0.2, -0.15) is 4.31 Å². The van der Waals surface area contributed by atoms with Gasteiger partial charge in [-0.15, -0.1) is 0 Å². The van der Waals surface area contributed by atoms with Gasteiger partial charge in [0.05, 0.1) is 10.6 Å². The minimum Gasteiger partial charge on any atom is -0.444 e. The van der Waals surface area contributed by atoms with Gasteiger partial charge in [0.15, 0.2) is 0 Å². The van der Waals surface area contributed by atoms with Crippen molar-refractivity contribution in [2.45, 2.75) is 57.5 Å². The molecule has 2 aromatic carbocycles. The summed E-state index contributed by atoms with van der Waals surface area (Å²) in [5.74, 6) is 0.534. The number of nitrogens with one attached hydrogen (secondary N) is 1. The number of fused-ring (bicyclic) bond motifs is 1. The Morgan fingerprint density at radius 2 is 1.80 bits per heavy atom. The summed E-state index contributed by atoms with van der Waals surface area (Å²) in [6, 6.07) is 12.6. The van der Waals surface area contributed by atoms with Crippen LogP contribution in [0.2, 0.25) is 0 Å². The van der Waals surface area contributed by atoms with Gasteiger partial charge in [-0.25, -0.2) is 18.2 Å². The van der Waals surface area contributed by atoms with E-state index >= 15 is 0 Å². The summed E-state index contributed by atoms with van der Waals surface area (Å²) in [7, 11) is 0.388. The van der Waals surface area contributed by atoms with Crippen LogP contribution < -0.4 is 11.1 Å². The van der Waals surface area contributed by atoms with Crippen LogP contribution in [-0.2, 0) is 19.6 Å². The van der Waals surface area contributed by atoms with Crippen molar-refractivity contribution in [2.75, 3.05) is 53.4 Å². The topological polar surface area (TPSA) is 138 Å². The number of alkyl carbamates (subject to hydrolysis) is 1. The molecular weight excluding hydrogens is 604 g/mol. The monoisotopic (exact) mass is 652 g/mol. The highest BCUT2D eigenvalue weighted by molar-refractivity contribution is 7.89. The van der Waals surface area contributed by atoms with E-state index in [0.29, 0.717) is 62.2 Å². The zero-order chi connectivity index (χ0) is 33.6. The molecule has 250 valence electrons. The van der Waals surface area contributed by atoms with Crippen molar-refractivity contribution in [1.29, 1.82) is 0 Å². The molecule has 0 radical (unpaired) electrons. The molecule has 0 unspecified atom stereocenters. The summed E-state index contributed by atoms with van der Waals surface area (Å²) in [6.45, 7) is 10.8. The smallest absolute Gasteiger partial charge is 0.407 e. The van der Waals surface area contributed by atoms with Gasteiger partial charge in [0, 0.05) is 56.8 Å². The van der Waals surface area contributed by atoms with Gasteiger partial charge in [0.1, 0.15) is 11.4 Å². The van der Waals surface area contributed by atoms with Crippen molar-refractivity contribution in [3.63, 3.8) is 0 Å². The second-order valence-electron chi connectivity index (χ2n) is 13.3. The van der Waals surface area contributed by atoms with E-state index in [1.807, 2.05) is 72.1 Å². The van der Waals surface area contributed by atoms with E-state index in [-0.39, 0.29) is 17.2 Å². The number of sulfonamides is 1. The number of hydrogen-bond donors (Lipinski definition) is 2. The summed E-state index contributed by atoms with van der Waals surface area (Å²) < 4.78 is 33.5. The highest BCUT2D eigenvalue weighted by Gasteiger charge is 2.36. The second kappa shape index (κ2) is 14.8. The van der Waals surface area contributed by atoms with E-state index < -0.39 is 21.7 Å². The van der Waals surface area contributed by atoms with E-state index in [4.69, 9.17) is 10.5 Å². The van der Waals surface area contributed by atoms with Crippen LogP contribution in [0, 0.1) is 5.92 Å². The Kier molecular flexibility index (Phi) is 11.3. The van der Waals surface area contributed by atoms with Gasteiger partial charge < -0.3 is 25.6 Å². The van der Waals surface area contributed by atoms with Gasteiger partial charge in [0.2, 0.25) is 15.9 Å². The molecule has 0 atom stereocenters. The second-order valence-corrected chi connectivity index (χ2v) is 15.2. The number of hydrogen-bond acceptors (Lipinski definition) is 8.